The Morgan fingerprint density at radius 1 is 1.14 bits per heavy atom. The predicted molar refractivity (Wildman–Crippen MR) is 92.7 cm³/mol. The van der Waals surface area contributed by atoms with Crippen LogP contribution in [0.3, 0.4) is 0 Å². The second-order valence-corrected chi connectivity index (χ2v) is 6.31. The van der Waals surface area contributed by atoms with Crippen molar-refractivity contribution in [2.24, 2.45) is 0 Å². The van der Waals surface area contributed by atoms with Crippen LogP contribution in [0.5, 0.6) is 11.5 Å². The molecule has 2 rings (SSSR count). The summed E-state index contributed by atoms with van der Waals surface area (Å²) in [4.78, 5) is 0. The quantitative estimate of drug-likeness (QED) is 0.608. The fourth-order valence-corrected chi connectivity index (χ4v) is 2.60. The molecular formula is C16H16BrCl2NO. The van der Waals surface area contributed by atoms with Gasteiger partial charge in [-0.3, -0.25) is 0 Å². The molecule has 0 bridgehead atoms. The number of para-hydroxylation sites is 1. The molecule has 0 aliphatic rings. The molecule has 2 aromatic rings. The Balaban J connectivity index is 2.27. The van der Waals surface area contributed by atoms with E-state index in [1.54, 1.807) is 6.07 Å². The van der Waals surface area contributed by atoms with Crippen molar-refractivity contribution in [1.82, 2.24) is 5.32 Å². The molecule has 0 saturated carbocycles. The van der Waals surface area contributed by atoms with Gasteiger partial charge < -0.3 is 10.1 Å². The summed E-state index contributed by atoms with van der Waals surface area (Å²) in [6.07, 6.45) is 1.08. The van der Waals surface area contributed by atoms with Gasteiger partial charge in [0.05, 0.1) is 10.0 Å². The fourth-order valence-electron chi connectivity index (χ4n) is 1.87. The molecule has 0 spiro atoms. The van der Waals surface area contributed by atoms with E-state index >= 15 is 0 Å². The summed E-state index contributed by atoms with van der Waals surface area (Å²) < 4.78 is 6.85. The second kappa shape index (κ2) is 8.04. The molecule has 0 amide bonds. The average Bonchev–Trinajstić information content (AvgIpc) is 2.46. The Morgan fingerprint density at radius 3 is 2.71 bits per heavy atom. The molecule has 0 aliphatic heterocycles. The van der Waals surface area contributed by atoms with E-state index in [2.05, 4.69) is 28.2 Å². The van der Waals surface area contributed by atoms with E-state index in [1.165, 1.54) is 0 Å². The highest BCUT2D eigenvalue weighted by Gasteiger charge is 2.12. The van der Waals surface area contributed by atoms with Gasteiger partial charge in [0.2, 0.25) is 0 Å². The Morgan fingerprint density at radius 2 is 1.95 bits per heavy atom. The van der Waals surface area contributed by atoms with Crippen molar-refractivity contribution >= 4 is 39.1 Å². The third-order valence-corrected chi connectivity index (χ3v) is 4.00. The number of hydrogen-bond acceptors (Lipinski definition) is 2. The number of rotatable bonds is 6. The van der Waals surface area contributed by atoms with Gasteiger partial charge in [-0.25, -0.2) is 0 Å². The van der Waals surface area contributed by atoms with Crippen LogP contribution in [0.1, 0.15) is 18.9 Å². The van der Waals surface area contributed by atoms with Crippen LogP contribution in [0.4, 0.5) is 0 Å². The molecular weight excluding hydrogens is 373 g/mol. The highest BCUT2D eigenvalue weighted by molar-refractivity contribution is 9.10. The highest BCUT2D eigenvalue weighted by Crippen LogP contribution is 2.37. The van der Waals surface area contributed by atoms with E-state index in [-0.39, 0.29) is 0 Å². The minimum absolute atomic E-state index is 0.547. The van der Waals surface area contributed by atoms with Crippen molar-refractivity contribution in [2.75, 3.05) is 6.54 Å². The second-order valence-electron chi connectivity index (χ2n) is 4.58. The summed E-state index contributed by atoms with van der Waals surface area (Å²) in [6.45, 7) is 3.78. The van der Waals surface area contributed by atoms with Crippen molar-refractivity contribution in [2.45, 2.75) is 19.9 Å². The maximum atomic E-state index is 6.28. The molecule has 0 atom stereocenters. The third kappa shape index (κ3) is 4.62. The molecule has 2 aromatic carbocycles. The van der Waals surface area contributed by atoms with Crippen LogP contribution >= 0.6 is 39.1 Å². The first-order valence-corrected chi connectivity index (χ1v) is 8.27. The first-order valence-electron chi connectivity index (χ1n) is 6.73. The smallest absolute Gasteiger partial charge is 0.150 e. The highest BCUT2D eigenvalue weighted by atomic mass is 79.9. The SMILES string of the molecule is CCCNCc1cccc(Cl)c1Oc1cc(Br)ccc1Cl. The van der Waals surface area contributed by atoms with Gasteiger partial charge in [0.25, 0.3) is 0 Å². The van der Waals surface area contributed by atoms with Gasteiger partial charge in [-0.1, -0.05) is 58.2 Å². The third-order valence-electron chi connectivity index (χ3n) is 2.90. The van der Waals surface area contributed by atoms with Crippen molar-refractivity contribution in [3.05, 3.63) is 56.5 Å². The van der Waals surface area contributed by atoms with Gasteiger partial charge in [0.15, 0.2) is 5.75 Å². The van der Waals surface area contributed by atoms with E-state index in [0.717, 1.165) is 23.0 Å². The Labute approximate surface area is 143 Å². The molecule has 0 aromatic heterocycles. The molecule has 2 nitrogen and oxygen atoms in total. The Kier molecular flexibility index (Phi) is 6.37. The number of ether oxygens (including phenoxy) is 1. The van der Waals surface area contributed by atoms with Crippen LogP contribution in [-0.2, 0) is 6.54 Å². The lowest BCUT2D eigenvalue weighted by molar-refractivity contribution is 0.473. The standard InChI is InChI=1S/C16H16BrCl2NO/c1-2-8-20-10-11-4-3-5-14(19)16(11)21-15-9-12(17)6-7-13(15)18/h3-7,9,20H,2,8,10H2,1H3. The van der Waals surface area contributed by atoms with Crippen molar-refractivity contribution in [1.29, 1.82) is 0 Å². The summed E-state index contributed by atoms with van der Waals surface area (Å²) in [5.74, 6) is 1.22. The first-order chi connectivity index (χ1) is 10.1. The van der Waals surface area contributed by atoms with Crippen molar-refractivity contribution < 1.29 is 4.74 Å². The number of benzene rings is 2. The largest absolute Gasteiger partial charge is 0.454 e. The van der Waals surface area contributed by atoms with Gasteiger partial charge >= 0.3 is 0 Å². The van der Waals surface area contributed by atoms with E-state index in [9.17, 15) is 0 Å². The van der Waals surface area contributed by atoms with Crippen LogP contribution in [0, 0.1) is 0 Å². The van der Waals surface area contributed by atoms with E-state index in [4.69, 9.17) is 27.9 Å². The van der Waals surface area contributed by atoms with Gasteiger partial charge in [-0.05, 0) is 37.2 Å². The maximum Gasteiger partial charge on any atom is 0.150 e. The molecule has 0 saturated heterocycles. The average molecular weight is 389 g/mol. The molecule has 21 heavy (non-hydrogen) atoms. The fraction of sp³-hybridized carbons (Fsp3) is 0.250. The molecule has 1 N–H and O–H groups in total. The number of hydrogen-bond donors (Lipinski definition) is 1. The lowest BCUT2D eigenvalue weighted by Crippen LogP contribution is -2.14. The molecule has 0 unspecified atom stereocenters. The molecule has 0 heterocycles. The number of halogens is 3. The zero-order valence-electron chi connectivity index (χ0n) is 11.6. The van der Waals surface area contributed by atoms with Gasteiger partial charge in [0.1, 0.15) is 5.75 Å². The summed E-state index contributed by atoms with van der Waals surface area (Å²) in [5, 5.41) is 4.47. The Bertz CT molecular complexity index is 619. The topological polar surface area (TPSA) is 21.3 Å². The van der Waals surface area contributed by atoms with E-state index < -0.39 is 0 Å². The molecule has 0 radical (unpaired) electrons. The minimum Gasteiger partial charge on any atom is -0.454 e. The van der Waals surface area contributed by atoms with Crippen LogP contribution in [0.2, 0.25) is 10.0 Å². The minimum atomic E-state index is 0.547. The maximum absolute atomic E-state index is 6.28. The predicted octanol–water partition coefficient (Wildman–Crippen LogP) is 6.05. The molecule has 112 valence electrons. The zero-order chi connectivity index (χ0) is 15.2. The lowest BCUT2D eigenvalue weighted by atomic mass is 10.2. The van der Waals surface area contributed by atoms with Crippen LogP contribution < -0.4 is 10.1 Å². The normalized spacial score (nSPS) is 10.7. The van der Waals surface area contributed by atoms with E-state index in [0.29, 0.717) is 28.1 Å². The van der Waals surface area contributed by atoms with Gasteiger partial charge in [-0.15, -0.1) is 0 Å². The zero-order valence-corrected chi connectivity index (χ0v) is 14.7. The van der Waals surface area contributed by atoms with Crippen molar-refractivity contribution in [3.63, 3.8) is 0 Å². The lowest BCUT2D eigenvalue weighted by Gasteiger charge is -2.14. The van der Waals surface area contributed by atoms with Crippen LogP contribution in [-0.4, -0.2) is 6.54 Å². The van der Waals surface area contributed by atoms with Crippen LogP contribution in [0.25, 0.3) is 0 Å². The monoisotopic (exact) mass is 387 g/mol. The number of nitrogens with one attached hydrogen (secondary N) is 1. The van der Waals surface area contributed by atoms with Crippen molar-refractivity contribution in [3.8, 4) is 11.5 Å². The molecule has 0 aliphatic carbocycles. The molecule has 5 heteroatoms. The summed E-state index contributed by atoms with van der Waals surface area (Å²) >= 11 is 15.9. The van der Waals surface area contributed by atoms with Crippen LogP contribution in [0.15, 0.2) is 40.9 Å². The van der Waals surface area contributed by atoms with Gasteiger partial charge in [0, 0.05) is 16.6 Å². The Hall–Kier alpha value is -0.740. The summed E-state index contributed by atoms with van der Waals surface area (Å²) in [6, 6.07) is 11.2. The first kappa shape index (κ1) is 16.6. The molecule has 0 fully saturated rings. The summed E-state index contributed by atoms with van der Waals surface area (Å²) in [7, 11) is 0. The van der Waals surface area contributed by atoms with Gasteiger partial charge in [-0.2, -0.15) is 0 Å². The summed E-state index contributed by atoms with van der Waals surface area (Å²) in [5.41, 5.74) is 1.01. The van der Waals surface area contributed by atoms with E-state index in [1.807, 2.05) is 30.3 Å².